The van der Waals surface area contributed by atoms with Gasteiger partial charge in [0.15, 0.2) is 0 Å². The third-order valence-corrected chi connectivity index (χ3v) is 5.10. The van der Waals surface area contributed by atoms with E-state index in [1.807, 2.05) is 0 Å². The zero-order valence-electron chi connectivity index (χ0n) is 14.8. The van der Waals surface area contributed by atoms with Gasteiger partial charge in [-0.15, -0.1) is 0 Å². The number of amides is 2. The largest absolute Gasteiger partial charge is 0.353 e. The first kappa shape index (κ1) is 19.3. The van der Waals surface area contributed by atoms with Crippen molar-refractivity contribution < 1.29 is 18.4 Å². The maximum Gasteiger partial charge on any atom is 0.254 e. The Morgan fingerprint density at radius 3 is 2.68 bits per heavy atom. The van der Waals surface area contributed by atoms with Gasteiger partial charge in [-0.2, -0.15) is 0 Å². The van der Waals surface area contributed by atoms with Gasteiger partial charge < -0.3 is 10.6 Å². The second-order valence-electron chi connectivity index (χ2n) is 6.92. The summed E-state index contributed by atoms with van der Waals surface area (Å²) in [4.78, 5) is 23.9. The van der Waals surface area contributed by atoms with Crippen LogP contribution in [0.1, 0.15) is 56.3 Å². The minimum absolute atomic E-state index is 0.0202. The van der Waals surface area contributed by atoms with Crippen molar-refractivity contribution in [1.82, 2.24) is 10.6 Å². The number of carbonyl (C=O) groups is 2. The van der Waals surface area contributed by atoms with Crippen molar-refractivity contribution in [3.05, 3.63) is 35.4 Å². The van der Waals surface area contributed by atoms with Crippen LogP contribution < -0.4 is 10.6 Å². The number of benzene rings is 1. The maximum absolute atomic E-state index is 13.5. The summed E-state index contributed by atoms with van der Waals surface area (Å²) in [5, 5.41) is 5.63. The minimum atomic E-state index is -0.893. The molecule has 4 nitrogen and oxygen atoms in total. The predicted octanol–water partition coefficient (Wildman–Crippen LogP) is 3.42. The van der Waals surface area contributed by atoms with Crippen molar-refractivity contribution in [3.63, 3.8) is 0 Å². The summed E-state index contributed by atoms with van der Waals surface area (Å²) < 4.78 is 26.3. The highest BCUT2D eigenvalue weighted by Crippen LogP contribution is 2.29. The van der Waals surface area contributed by atoms with Crippen molar-refractivity contribution in [1.29, 1.82) is 0 Å². The van der Waals surface area contributed by atoms with Crippen LogP contribution in [0.25, 0.3) is 0 Å². The fourth-order valence-electron chi connectivity index (χ4n) is 3.28. The van der Waals surface area contributed by atoms with Gasteiger partial charge in [0.1, 0.15) is 11.6 Å². The molecule has 2 N–H and O–H groups in total. The number of rotatable bonds is 6. The third kappa shape index (κ3) is 5.51. The van der Waals surface area contributed by atoms with Crippen LogP contribution in [-0.2, 0) is 4.79 Å². The fourth-order valence-corrected chi connectivity index (χ4v) is 3.28. The van der Waals surface area contributed by atoms with Crippen LogP contribution in [0.2, 0.25) is 0 Å². The quantitative estimate of drug-likeness (QED) is 0.771. The number of nitrogens with one attached hydrogen (secondary N) is 2. The van der Waals surface area contributed by atoms with Gasteiger partial charge in [-0.05, 0) is 36.8 Å². The standard InChI is InChI=1S/C19H26F2N2O2/c1-12-5-3-6-17(13(12)2)23-18(24)7-4-10-22-19(25)15-9-8-14(20)11-16(15)21/h8-9,11-13,17H,3-7,10H2,1-2H3,(H,22,25)(H,23,24). The van der Waals surface area contributed by atoms with Gasteiger partial charge in [0.05, 0.1) is 5.56 Å². The predicted molar refractivity (Wildman–Crippen MR) is 92.0 cm³/mol. The Balaban J connectivity index is 1.70. The molecule has 0 aromatic heterocycles. The molecule has 0 saturated heterocycles. The summed E-state index contributed by atoms with van der Waals surface area (Å²) in [6, 6.07) is 3.05. The lowest BCUT2D eigenvalue weighted by molar-refractivity contribution is -0.122. The van der Waals surface area contributed by atoms with Crippen LogP contribution in [0, 0.1) is 23.5 Å². The lowest BCUT2D eigenvalue weighted by atomic mass is 9.78. The van der Waals surface area contributed by atoms with Crippen LogP contribution in [-0.4, -0.2) is 24.4 Å². The SMILES string of the molecule is CC1CCCC(NC(=O)CCCNC(=O)c2ccc(F)cc2F)C1C. The van der Waals surface area contributed by atoms with Crippen LogP contribution in [0.15, 0.2) is 18.2 Å². The smallest absolute Gasteiger partial charge is 0.254 e. The highest BCUT2D eigenvalue weighted by Gasteiger charge is 2.27. The highest BCUT2D eigenvalue weighted by molar-refractivity contribution is 5.94. The molecule has 1 aliphatic rings. The van der Waals surface area contributed by atoms with E-state index < -0.39 is 17.5 Å². The molecule has 1 aliphatic carbocycles. The van der Waals surface area contributed by atoms with Crippen molar-refractivity contribution in [2.45, 2.75) is 52.0 Å². The van der Waals surface area contributed by atoms with E-state index in [9.17, 15) is 18.4 Å². The molecule has 0 bridgehead atoms. The van der Waals surface area contributed by atoms with Crippen molar-refractivity contribution in [2.75, 3.05) is 6.54 Å². The van der Waals surface area contributed by atoms with Crippen LogP contribution >= 0.6 is 0 Å². The van der Waals surface area contributed by atoms with Crippen molar-refractivity contribution in [2.24, 2.45) is 11.8 Å². The van der Waals surface area contributed by atoms with Gasteiger partial charge in [-0.25, -0.2) is 8.78 Å². The summed E-state index contributed by atoms with van der Waals surface area (Å²) in [7, 11) is 0. The number of carbonyl (C=O) groups excluding carboxylic acids is 2. The van der Waals surface area contributed by atoms with Gasteiger partial charge in [0, 0.05) is 25.1 Å². The number of hydrogen-bond donors (Lipinski definition) is 2. The summed E-state index contributed by atoms with van der Waals surface area (Å²) in [6.07, 6.45) is 4.13. The number of halogens is 2. The van der Waals surface area contributed by atoms with Crippen molar-refractivity contribution >= 4 is 11.8 Å². The van der Waals surface area contributed by atoms with E-state index in [2.05, 4.69) is 24.5 Å². The van der Waals surface area contributed by atoms with E-state index in [0.29, 0.717) is 30.7 Å². The molecule has 1 saturated carbocycles. The topological polar surface area (TPSA) is 58.2 Å². The molecule has 3 atom stereocenters. The van der Waals surface area contributed by atoms with Crippen LogP contribution in [0.5, 0.6) is 0 Å². The highest BCUT2D eigenvalue weighted by atomic mass is 19.1. The first-order valence-corrected chi connectivity index (χ1v) is 8.91. The van der Waals surface area contributed by atoms with Gasteiger partial charge in [-0.3, -0.25) is 9.59 Å². The Kier molecular flexibility index (Phi) is 6.91. The first-order valence-electron chi connectivity index (χ1n) is 8.91. The zero-order valence-corrected chi connectivity index (χ0v) is 14.8. The summed E-state index contributed by atoms with van der Waals surface area (Å²) in [5.41, 5.74) is -0.198. The molecule has 0 spiro atoms. The normalized spacial score (nSPS) is 23.1. The van der Waals surface area contributed by atoms with E-state index in [4.69, 9.17) is 0 Å². The summed E-state index contributed by atoms with van der Waals surface area (Å²) >= 11 is 0. The van der Waals surface area contributed by atoms with E-state index >= 15 is 0 Å². The molecule has 138 valence electrons. The summed E-state index contributed by atoms with van der Waals surface area (Å²) in [5.74, 6) is -1.16. The number of hydrogen-bond acceptors (Lipinski definition) is 2. The Labute approximate surface area is 147 Å². The molecular weight excluding hydrogens is 326 g/mol. The molecule has 0 aliphatic heterocycles. The maximum atomic E-state index is 13.5. The molecule has 3 unspecified atom stereocenters. The average Bonchev–Trinajstić information content (AvgIpc) is 2.55. The van der Waals surface area contributed by atoms with E-state index in [-0.39, 0.29) is 24.1 Å². The van der Waals surface area contributed by atoms with Gasteiger partial charge in [-0.1, -0.05) is 26.7 Å². The van der Waals surface area contributed by atoms with E-state index in [0.717, 1.165) is 25.0 Å². The van der Waals surface area contributed by atoms with Gasteiger partial charge in [0.2, 0.25) is 5.91 Å². The Morgan fingerprint density at radius 1 is 1.20 bits per heavy atom. The minimum Gasteiger partial charge on any atom is -0.353 e. The van der Waals surface area contributed by atoms with E-state index in [1.165, 1.54) is 6.42 Å². The van der Waals surface area contributed by atoms with Crippen LogP contribution in [0.4, 0.5) is 8.78 Å². The molecule has 1 aromatic carbocycles. The third-order valence-electron chi connectivity index (χ3n) is 5.10. The Morgan fingerprint density at radius 2 is 1.96 bits per heavy atom. The Bertz CT molecular complexity index is 621. The lowest BCUT2D eigenvalue weighted by Gasteiger charge is -2.34. The second-order valence-corrected chi connectivity index (χ2v) is 6.92. The molecule has 0 heterocycles. The lowest BCUT2D eigenvalue weighted by Crippen LogP contribution is -2.43. The summed E-state index contributed by atoms with van der Waals surface area (Å²) in [6.45, 7) is 4.65. The molecule has 6 heteroatoms. The fraction of sp³-hybridized carbons (Fsp3) is 0.579. The molecule has 25 heavy (non-hydrogen) atoms. The molecule has 1 aromatic rings. The van der Waals surface area contributed by atoms with Gasteiger partial charge >= 0.3 is 0 Å². The Hall–Kier alpha value is -1.98. The van der Waals surface area contributed by atoms with E-state index in [1.54, 1.807) is 0 Å². The molecule has 1 fully saturated rings. The second kappa shape index (κ2) is 8.92. The molecule has 2 rings (SSSR count). The molecule has 2 amide bonds. The van der Waals surface area contributed by atoms with Crippen molar-refractivity contribution in [3.8, 4) is 0 Å². The average molecular weight is 352 g/mol. The first-order chi connectivity index (χ1) is 11.9. The molecular formula is C19H26F2N2O2. The monoisotopic (exact) mass is 352 g/mol. The van der Waals surface area contributed by atoms with Gasteiger partial charge in [0.25, 0.3) is 5.91 Å². The van der Waals surface area contributed by atoms with Crippen LogP contribution in [0.3, 0.4) is 0 Å². The molecule has 0 radical (unpaired) electrons. The zero-order chi connectivity index (χ0) is 18.4.